The summed E-state index contributed by atoms with van der Waals surface area (Å²) in [5, 5.41) is 2.60. The average molecular weight is 367 g/mol. The SMILES string of the molecule is Cc1cc2c3ccccc3n(-c3ccccc3)c2cc1N1C=CN(C)C1(C)C. The Morgan fingerprint density at radius 3 is 2.18 bits per heavy atom. The number of para-hydroxylation sites is 2. The molecule has 0 spiro atoms. The summed E-state index contributed by atoms with van der Waals surface area (Å²) in [6.45, 7) is 6.72. The summed E-state index contributed by atoms with van der Waals surface area (Å²) < 4.78 is 2.38. The summed E-state index contributed by atoms with van der Waals surface area (Å²) in [4.78, 5) is 4.62. The molecular weight excluding hydrogens is 342 g/mol. The number of anilines is 1. The minimum Gasteiger partial charge on any atom is -0.357 e. The second-order valence-electron chi connectivity index (χ2n) is 8.12. The van der Waals surface area contributed by atoms with Gasteiger partial charge in [0.1, 0.15) is 5.66 Å². The summed E-state index contributed by atoms with van der Waals surface area (Å²) >= 11 is 0. The Bertz CT molecular complexity index is 1210. The van der Waals surface area contributed by atoms with E-state index >= 15 is 0 Å². The molecule has 2 heterocycles. The number of fused-ring (bicyclic) bond motifs is 3. The Morgan fingerprint density at radius 2 is 1.46 bits per heavy atom. The fourth-order valence-corrected chi connectivity index (χ4v) is 4.30. The van der Waals surface area contributed by atoms with Crippen molar-refractivity contribution in [2.24, 2.45) is 0 Å². The van der Waals surface area contributed by atoms with Crippen LogP contribution >= 0.6 is 0 Å². The smallest absolute Gasteiger partial charge is 0.110 e. The van der Waals surface area contributed by atoms with Crippen molar-refractivity contribution < 1.29 is 0 Å². The van der Waals surface area contributed by atoms with Gasteiger partial charge in [0.25, 0.3) is 0 Å². The fraction of sp³-hybridized carbons (Fsp3) is 0.200. The van der Waals surface area contributed by atoms with Gasteiger partial charge in [-0.1, -0.05) is 36.4 Å². The molecule has 3 heteroatoms. The van der Waals surface area contributed by atoms with Crippen LogP contribution in [0.1, 0.15) is 19.4 Å². The Hall–Kier alpha value is -3.20. The minimum atomic E-state index is -0.0952. The normalized spacial score (nSPS) is 15.9. The van der Waals surface area contributed by atoms with Gasteiger partial charge in [-0.15, -0.1) is 0 Å². The Kier molecular flexibility index (Phi) is 3.57. The molecule has 1 aliphatic rings. The summed E-state index contributed by atoms with van der Waals surface area (Å²) in [6.07, 6.45) is 4.33. The molecule has 1 aliphatic heterocycles. The Balaban J connectivity index is 1.85. The lowest BCUT2D eigenvalue weighted by atomic mass is 10.1. The highest BCUT2D eigenvalue weighted by Gasteiger charge is 2.34. The lowest BCUT2D eigenvalue weighted by Crippen LogP contribution is -2.46. The van der Waals surface area contributed by atoms with Gasteiger partial charge in [-0.05, 0) is 56.7 Å². The molecule has 0 unspecified atom stereocenters. The molecule has 5 rings (SSSR count). The maximum absolute atomic E-state index is 2.38. The zero-order valence-corrected chi connectivity index (χ0v) is 16.8. The van der Waals surface area contributed by atoms with Gasteiger partial charge >= 0.3 is 0 Å². The number of rotatable bonds is 2. The third kappa shape index (κ3) is 2.29. The number of benzene rings is 3. The van der Waals surface area contributed by atoms with Gasteiger partial charge in [0, 0.05) is 41.6 Å². The van der Waals surface area contributed by atoms with Crippen LogP contribution < -0.4 is 4.90 Å². The van der Waals surface area contributed by atoms with Crippen molar-refractivity contribution in [1.82, 2.24) is 9.47 Å². The van der Waals surface area contributed by atoms with Crippen molar-refractivity contribution in [3.8, 4) is 5.69 Å². The monoisotopic (exact) mass is 367 g/mol. The van der Waals surface area contributed by atoms with Gasteiger partial charge in [-0.25, -0.2) is 0 Å². The van der Waals surface area contributed by atoms with Crippen molar-refractivity contribution >= 4 is 27.5 Å². The van der Waals surface area contributed by atoms with E-state index in [0.29, 0.717) is 0 Å². The summed E-state index contributed by atoms with van der Waals surface area (Å²) in [6, 6.07) is 24.0. The molecule has 28 heavy (non-hydrogen) atoms. The molecule has 4 aromatic rings. The number of hydrogen-bond donors (Lipinski definition) is 0. The first-order valence-corrected chi connectivity index (χ1v) is 9.78. The van der Waals surface area contributed by atoms with Crippen molar-refractivity contribution in [3.05, 3.63) is 84.7 Å². The van der Waals surface area contributed by atoms with Crippen LogP contribution in [0.15, 0.2) is 79.1 Å². The standard InChI is InChI=1S/C25H25N3/c1-18-16-21-20-12-8-9-13-22(20)28(19-10-6-5-7-11-19)24(21)17-23(18)27-15-14-26(4)25(27,2)3/h5-17H,1-4H3. The Morgan fingerprint density at radius 1 is 0.750 bits per heavy atom. The van der Waals surface area contributed by atoms with E-state index in [4.69, 9.17) is 0 Å². The third-order valence-corrected chi connectivity index (χ3v) is 6.16. The number of aryl methyl sites for hydroxylation is 1. The first-order chi connectivity index (χ1) is 13.5. The van der Waals surface area contributed by atoms with Crippen LogP contribution in [0, 0.1) is 6.92 Å². The molecule has 0 fully saturated rings. The molecule has 3 nitrogen and oxygen atoms in total. The molecule has 3 aromatic carbocycles. The van der Waals surface area contributed by atoms with E-state index in [9.17, 15) is 0 Å². The predicted molar refractivity (Wildman–Crippen MR) is 119 cm³/mol. The van der Waals surface area contributed by atoms with Crippen molar-refractivity contribution in [2.45, 2.75) is 26.4 Å². The van der Waals surface area contributed by atoms with Crippen LogP contribution in [-0.4, -0.2) is 22.2 Å². The van der Waals surface area contributed by atoms with Gasteiger partial charge in [-0.2, -0.15) is 0 Å². The maximum atomic E-state index is 2.38. The van der Waals surface area contributed by atoms with Crippen molar-refractivity contribution in [2.75, 3.05) is 11.9 Å². The molecule has 0 bridgehead atoms. The van der Waals surface area contributed by atoms with E-state index in [1.54, 1.807) is 0 Å². The van der Waals surface area contributed by atoms with Crippen LogP contribution in [0.3, 0.4) is 0 Å². The molecular formula is C25H25N3. The molecule has 0 N–H and O–H groups in total. The molecule has 0 atom stereocenters. The zero-order valence-electron chi connectivity index (χ0n) is 16.8. The molecule has 0 radical (unpaired) electrons. The Labute approximate surface area is 166 Å². The van der Waals surface area contributed by atoms with Crippen LogP contribution in [0.5, 0.6) is 0 Å². The summed E-state index contributed by atoms with van der Waals surface area (Å²) in [5.41, 5.74) is 6.12. The second kappa shape index (κ2) is 5.90. The number of hydrogen-bond acceptors (Lipinski definition) is 2. The fourth-order valence-electron chi connectivity index (χ4n) is 4.30. The van der Waals surface area contributed by atoms with E-state index in [1.807, 2.05) is 0 Å². The van der Waals surface area contributed by atoms with Crippen LogP contribution in [0.25, 0.3) is 27.5 Å². The third-order valence-electron chi connectivity index (χ3n) is 6.16. The summed E-state index contributed by atoms with van der Waals surface area (Å²) in [5.74, 6) is 0. The first kappa shape index (κ1) is 16.9. The van der Waals surface area contributed by atoms with Crippen LogP contribution in [0.4, 0.5) is 5.69 Å². The lowest BCUT2D eigenvalue weighted by Gasteiger charge is -2.39. The second-order valence-corrected chi connectivity index (χ2v) is 8.12. The van der Waals surface area contributed by atoms with Gasteiger partial charge < -0.3 is 14.4 Å². The van der Waals surface area contributed by atoms with E-state index in [2.05, 4.69) is 121 Å². The zero-order chi connectivity index (χ0) is 19.5. The van der Waals surface area contributed by atoms with Gasteiger partial charge in [0.05, 0.1) is 11.0 Å². The van der Waals surface area contributed by atoms with Crippen molar-refractivity contribution in [3.63, 3.8) is 0 Å². The first-order valence-electron chi connectivity index (χ1n) is 9.78. The molecule has 140 valence electrons. The topological polar surface area (TPSA) is 11.4 Å². The molecule has 0 aliphatic carbocycles. The quantitative estimate of drug-likeness (QED) is 0.427. The lowest BCUT2D eigenvalue weighted by molar-refractivity contribution is 0.253. The predicted octanol–water partition coefficient (Wildman–Crippen LogP) is 6.05. The van der Waals surface area contributed by atoms with Gasteiger partial charge in [0.15, 0.2) is 0 Å². The van der Waals surface area contributed by atoms with Crippen LogP contribution in [0.2, 0.25) is 0 Å². The van der Waals surface area contributed by atoms with Gasteiger partial charge in [0.2, 0.25) is 0 Å². The van der Waals surface area contributed by atoms with E-state index in [1.165, 1.54) is 38.7 Å². The molecule has 0 saturated carbocycles. The van der Waals surface area contributed by atoms with E-state index in [-0.39, 0.29) is 5.66 Å². The number of nitrogens with zero attached hydrogens (tertiary/aromatic N) is 3. The largest absolute Gasteiger partial charge is 0.357 e. The highest BCUT2D eigenvalue weighted by Crippen LogP contribution is 2.39. The van der Waals surface area contributed by atoms with Crippen molar-refractivity contribution in [1.29, 1.82) is 0 Å². The molecule has 0 saturated heterocycles. The van der Waals surface area contributed by atoms with E-state index in [0.717, 1.165) is 0 Å². The molecule has 1 aromatic heterocycles. The molecule has 0 amide bonds. The maximum Gasteiger partial charge on any atom is 0.110 e. The highest BCUT2D eigenvalue weighted by molar-refractivity contribution is 6.10. The van der Waals surface area contributed by atoms with Crippen LogP contribution in [-0.2, 0) is 0 Å². The van der Waals surface area contributed by atoms with Gasteiger partial charge in [-0.3, -0.25) is 0 Å². The average Bonchev–Trinajstić information content (AvgIpc) is 3.15. The summed E-state index contributed by atoms with van der Waals surface area (Å²) in [7, 11) is 2.13. The van der Waals surface area contributed by atoms with E-state index < -0.39 is 0 Å². The highest BCUT2D eigenvalue weighted by atomic mass is 15.4. The number of aromatic nitrogens is 1. The minimum absolute atomic E-state index is 0.0952.